The molecule has 0 aliphatic carbocycles. The molecule has 0 aliphatic rings. The summed E-state index contributed by atoms with van der Waals surface area (Å²) >= 11 is 0. The molecule has 0 spiro atoms. The Kier molecular flexibility index (Phi) is 3.67. The maximum atomic E-state index is 8.66. The van der Waals surface area contributed by atoms with E-state index in [9.17, 15) is 0 Å². The van der Waals surface area contributed by atoms with Crippen LogP contribution in [0.25, 0.3) is 0 Å². The third kappa shape index (κ3) is 2.86. The first kappa shape index (κ1) is 10.7. The third-order valence-corrected chi connectivity index (χ3v) is 2.27. The van der Waals surface area contributed by atoms with Gasteiger partial charge in [0.05, 0.1) is 12.1 Å². The van der Waals surface area contributed by atoms with E-state index in [1.165, 1.54) is 11.1 Å². The van der Waals surface area contributed by atoms with Crippen LogP contribution in [0.15, 0.2) is 24.3 Å². The standard InChI is InChI=1S/C12H16N2/c1-9-4-6-12(7-5-9)11(3)14-10(2)8-13/h4-7,10-11,14H,1-3H3. The Morgan fingerprint density at radius 3 is 2.29 bits per heavy atom. The van der Waals surface area contributed by atoms with Crippen molar-refractivity contribution in [3.05, 3.63) is 35.4 Å². The molecule has 0 amide bonds. The minimum Gasteiger partial charge on any atom is -0.296 e. The summed E-state index contributed by atoms with van der Waals surface area (Å²) in [4.78, 5) is 0. The van der Waals surface area contributed by atoms with E-state index in [-0.39, 0.29) is 12.1 Å². The zero-order chi connectivity index (χ0) is 10.6. The fraction of sp³-hybridized carbons (Fsp3) is 0.417. The Morgan fingerprint density at radius 1 is 1.21 bits per heavy atom. The van der Waals surface area contributed by atoms with Gasteiger partial charge in [-0.05, 0) is 26.3 Å². The van der Waals surface area contributed by atoms with E-state index < -0.39 is 0 Å². The first-order valence-corrected chi connectivity index (χ1v) is 4.85. The lowest BCUT2D eigenvalue weighted by atomic mass is 10.1. The van der Waals surface area contributed by atoms with E-state index >= 15 is 0 Å². The monoisotopic (exact) mass is 188 g/mol. The summed E-state index contributed by atoms with van der Waals surface area (Å²) < 4.78 is 0. The Labute approximate surface area is 85.6 Å². The van der Waals surface area contributed by atoms with Crippen LogP contribution >= 0.6 is 0 Å². The van der Waals surface area contributed by atoms with Crippen LogP contribution in [0.3, 0.4) is 0 Å². The van der Waals surface area contributed by atoms with E-state index in [2.05, 4.69) is 49.5 Å². The van der Waals surface area contributed by atoms with Crippen molar-refractivity contribution in [2.75, 3.05) is 0 Å². The zero-order valence-corrected chi connectivity index (χ0v) is 8.91. The molecule has 2 atom stereocenters. The average molecular weight is 188 g/mol. The molecule has 1 aromatic rings. The summed E-state index contributed by atoms with van der Waals surface area (Å²) in [5.41, 5.74) is 2.48. The summed E-state index contributed by atoms with van der Waals surface area (Å²) in [6.07, 6.45) is 0. The molecule has 0 radical (unpaired) electrons. The predicted molar refractivity (Wildman–Crippen MR) is 57.8 cm³/mol. The lowest BCUT2D eigenvalue weighted by molar-refractivity contribution is 0.543. The number of hydrogen-bond donors (Lipinski definition) is 1. The predicted octanol–water partition coefficient (Wildman–Crippen LogP) is 2.56. The molecule has 0 heterocycles. The highest BCUT2D eigenvalue weighted by Crippen LogP contribution is 2.13. The zero-order valence-electron chi connectivity index (χ0n) is 8.91. The third-order valence-electron chi connectivity index (χ3n) is 2.27. The van der Waals surface area contributed by atoms with Gasteiger partial charge in [-0.1, -0.05) is 29.8 Å². The molecular formula is C12H16N2. The Balaban J connectivity index is 2.66. The molecule has 0 saturated heterocycles. The maximum absolute atomic E-state index is 8.66. The van der Waals surface area contributed by atoms with Crippen molar-refractivity contribution in [1.82, 2.24) is 5.32 Å². The van der Waals surface area contributed by atoms with E-state index in [1.807, 2.05) is 6.92 Å². The molecule has 0 bridgehead atoms. The van der Waals surface area contributed by atoms with Crippen molar-refractivity contribution < 1.29 is 0 Å². The second-order valence-corrected chi connectivity index (χ2v) is 3.65. The lowest BCUT2D eigenvalue weighted by Gasteiger charge is -2.15. The molecule has 1 rings (SSSR count). The SMILES string of the molecule is Cc1ccc(C(C)NC(C)C#N)cc1. The smallest absolute Gasteiger partial charge is 0.0929 e. The van der Waals surface area contributed by atoms with Gasteiger partial charge in [-0.25, -0.2) is 0 Å². The van der Waals surface area contributed by atoms with Crippen LogP contribution in [0.5, 0.6) is 0 Å². The van der Waals surface area contributed by atoms with Crippen LogP contribution in [0.1, 0.15) is 31.0 Å². The molecule has 0 aliphatic heterocycles. The fourth-order valence-corrected chi connectivity index (χ4v) is 1.36. The largest absolute Gasteiger partial charge is 0.296 e. The first-order chi connectivity index (χ1) is 6.63. The molecule has 0 aromatic heterocycles. The second kappa shape index (κ2) is 4.78. The molecule has 1 N–H and O–H groups in total. The fourth-order valence-electron chi connectivity index (χ4n) is 1.36. The van der Waals surface area contributed by atoms with E-state index in [1.54, 1.807) is 0 Å². The number of rotatable bonds is 3. The highest BCUT2D eigenvalue weighted by Gasteiger charge is 2.07. The van der Waals surface area contributed by atoms with E-state index in [4.69, 9.17) is 5.26 Å². The van der Waals surface area contributed by atoms with Gasteiger partial charge in [-0.15, -0.1) is 0 Å². The molecule has 2 nitrogen and oxygen atoms in total. The lowest BCUT2D eigenvalue weighted by Crippen LogP contribution is -2.27. The maximum Gasteiger partial charge on any atom is 0.0929 e. The van der Waals surface area contributed by atoms with Gasteiger partial charge in [0.1, 0.15) is 0 Å². The molecule has 2 unspecified atom stereocenters. The quantitative estimate of drug-likeness (QED) is 0.791. The van der Waals surface area contributed by atoms with Crippen LogP contribution in [0.4, 0.5) is 0 Å². The van der Waals surface area contributed by atoms with Gasteiger partial charge in [0.2, 0.25) is 0 Å². The van der Waals surface area contributed by atoms with Gasteiger partial charge in [0, 0.05) is 6.04 Å². The summed E-state index contributed by atoms with van der Waals surface area (Å²) in [6, 6.07) is 10.7. The molecule has 0 saturated carbocycles. The summed E-state index contributed by atoms with van der Waals surface area (Å²) in [7, 11) is 0. The number of hydrogen-bond acceptors (Lipinski definition) is 2. The minimum atomic E-state index is -0.105. The van der Waals surface area contributed by atoms with Crippen molar-refractivity contribution in [3.8, 4) is 6.07 Å². The minimum absolute atomic E-state index is 0.105. The number of benzene rings is 1. The van der Waals surface area contributed by atoms with Crippen LogP contribution in [0.2, 0.25) is 0 Å². The van der Waals surface area contributed by atoms with Gasteiger partial charge in [0.25, 0.3) is 0 Å². The molecule has 14 heavy (non-hydrogen) atoms. The van der Waals surface area contributed by atoms with Crippen molar-refractivity contribution in [2.24, 2.45) is 0 Å². The van der Waals surface area contributed by atoms with Crippen molar-refractivity contribution in [3.63, 3.8) is 0 Å². The van der Waals surface area contributed by atoms with Crippen molar-refractivity contribution in [2.45, 2.75) is 32.9 Å². The normalized spacial score (nSPS) is 14.4. The Bertz CT molecular complexity index is 321. The molecular weight excluding hydrogens is 172 g/mol. The molecule has 2 heteroatoms. The van der Waals surface area contributed by atoms with Crippen molar-refractivity contribution >= 4 is 0 Å². The summed E-state index contributed by atoms with van der Waals surface area (Å²) in [5, 5.41) is 11.9. The van der Waals surface area contributed by atoms with Crippen LogP contribution in [-0.4, -0.2) is 6.04 Å². The number of aryl methyl sites for hydroxylation is 1. The topological polar surface area (TPSA) is 35.8 Å². The highest BCUT2D eigenvalue weighted by atomic mass is 14.9. The average Bonchev–Trinajstić information content (AvgIpc) is 2.18. The Morgan fingerprint density at radius 2 is 1.79 bits per heavy atom. The molecule has 1 aromatic carbocycles. The van der Waals surface area contributed by atoms with Crippen molar-refractivity contribution in [1.29, 1.82) is 5.26 Å². The van der Waals surface area contributed by atoms with Crippen LogP contribution < -0.4 is 5.32 Å². The van der Waals surface area contributed by atoms with Gasteiger partial charge in [-0.3, -0.25) is 5.32 Å². The molecule has 74 valence electrons. The van der Waals surface area contributed by atoms with Crippen LogP contribution in [-0.2, 0) is 0 Å². The number of nitrogens with zero attached hydrogens (tertiary/aromatic N) is 1. The van der Waals surface area contributed by atoms with Gasteiger partial charge in [-0.2, -0.15) is 5.26 Å². The second-order valence-electron chi connectivity index (χ2n) is 3.65. The van der Waals surface area contributed by atoms with E-state index in [0.717, 1.165) is 0 Å². The molecule has 0 fully saturated rings. The number of nitriles is 1. The van der Waals surface area contributed by atoms with E-state index in [0.29, 0.717) is 0 Å². The van der Waals surface area contributed by atoms with Gasteiger partial charge in [0.15, 0.2) is 0 Å². The first-order valence-electron chi connectivity index (χ1n) is 4.85. The highest BCUT2D eigenvalue weighted by molar-refractivity contribution is 5.23. The number of nitrogens with one attached hydrogen (secondary N) is 1. The van der Waals surface area contributed by atoms with Crippen LogP contribution in [0, 0.1) is 18.3 Å². The summed E-state index contributed by atoms with van der Waals surface area (Å²) in [5.74, 6) is 0. The Hall–Kier alpha value is -1.33. The summed E-state index contributed by atoms with van der Waals surface area (Å²) in [6.45, 7) is 6.00. The van der Waals surface area contributed by atoms with Gasteiger partial charge >= 0.3 is 0 Å². The van der Waals surface area contributed by atoms with Gasteiger partial charge < -0.3 is 0 Å².